The Labute approximate surface area is 131 Å². The highest BCUT2D eigenvalue weighted by atomic mass is 79.9. The first kappa shape index (κ1) is 14.5. The first-order valence-electron chi connectivity index (χ1n) is 6.40. The van der Waals surface area contributed by atoms with Crippen molar-refractivity contribution >= 4 is 43.3 Å². The summed E-state index contributed by atoms with van der Waals surface area (Å²) in [7, 11) is -3.64. The van der Waals surface area contributed by atoms with Crippen molar-refractivity contribution in [1.29, 1.82) is 0 Å². The van der Waals surface area contributed by atoms with Crippen LogP contribution in [0.1, 0.15) is 25.7 Å². The molecule has 2 aliphatic heterocycles. The van der Waals surface area contributed by atoms with E-state index in [4.69, 9.17) is 11.6 Å². The summed E-state index contributed by atoms with van der Waals surface area (Å²) >= 11 is 9.34. The van der Waals surface area contributed by atoms with Gasteiger partial charge in [-0.05, 0) is 31.0 Å². The number of hydrogen-bond acceptors (Lipinski definition) is 3. The lowest BCUT2D eigenvalue weighted by atomic mass is 10.0. The molecule has 4 nitrogen and oxygen atoms in total. The highest BCUT2D eigenvalue weighted by Crippen LogP contribution is 2.40. The molecule has 2 aliphatic rings. The van der Waals surface area contributed by atoms with Gasteiger partial charge in [0.05, 0.1) is 5.02 Å². The zero-order chi connectivity index (χ0) is 14.5. The summed E-state index contributed by atoms with van der Waals surface area (Å²) in [5.41, 5.74) is 0. The van der Waals surface area contributed by atoms with Crippen molar-refractivity contribution in [2.75, 3.05) is 0 Å². The number of piperidine rings is 1. The Balaban J connectivity index is 2.03. The van der Waals surface area contributed by atoms with Crippen molar-refractivity contribution in [1.82, 2.24) is 4.31 Å². The normalized spacial score (nSPS) is 27.0. The Bertz CT molecular complexity index is 660. The number of fused-ring (bicyclic) bond motifs is 2. The third kappa shape index (κ3) is 2.32. The minimum Gasteiger partial charge on any atom is -0.300 e. The molecule has 0 saturated carbocycles. The Morgan fingerprint density at radius 1 is 1.20 bits per heavy atom. The molecule has 1 aromatic rings. The fraction of sp³-hybridized carbons (Fsp3) is 0.462. The van der Waals surface area contributed by atoms with Crippen LogP contribution in [0.15, 0.2) is 27.6 Å². The largest absolute Gasteiger partial charge is 0.300 e. The highest BCUT2D eigenvalue weighted by molar-refractivity contribution is 9.10. The van der Waals surface area contributed by atoms with E-state index in [-0.39, 0.29) is 27.8 Å². The number of nitrogens with zero attached hydrogens (tertiary/aromatic N) is 1. The van der Waals surface area contributed by atoms with Crippen molar-refractivity contribution in [3.8, 4) is 0 Å². The van der Waals surface area contributed by atoms with Gasteiger partial charge in [0, 0.05) is 29.4 Å². The number of benzene rings is 1. The van der Waals surface area contributed by atoms with Crippen molar-refractivity contribution in [2.45, 2.75) is 42.7 Å². The quantitative estimate of drug-likeness (QED) is 0.795. The molecule has 2 atom stereocenters. The van der Waals surface area contributed by atoms with Gasteiger partial charge in [-0.15, -0.1) is 0 Å². The summed E-state index contributed by atoms with van der Waals surface area (Å²) in [5, 5.41) is 0.204. The second kappa shape index (κ2) is 5.09. The summed E-state index contributed by atoms with van der Waals surface area (Å²) in [4.78, 5) is 11.7. The zero-order valence-electron chi connectivity index (χ0n) is 10.6. The molecule has 0 radical (unpaired) electrons. The lowest BCUT2D eigenvalue weighted by Gasteiger charge is -2.33. The van der Waals surface area contributed by atoms with Gasteiger partial charge in [-0.2, -0.15) is 4.31 Å². The first-order chi connectivity index (χ1) is 9.39. The molecule has 2 unspecified atom stereocenters. The molecule has 2 saturated heterocycles. The molecule has 0 aliphatic carbocycles. The maximum atomic E-state index is 12.8. The number of rotatable bonds is 2. The molecule has 0 aromatic heterocycles. The Morgan fingerprint density at radius 3 is 2.35 bits per heavy atom. The van der Waals surface area contributed by atoms with Crippen LogP contribution in [0.4, 0.5) is 0 Å². The maximum Gasteiger partial charge on any atom is 0.245 e. The molecular formula is C13H13BrClNO3S. The lowest BCUT2D eigenvalue weighted by molar-refractivity contribution is -0.122. The number of hydrogen-bond donors (Lipinski definition) is 0. The smallest absolute Gasteiger partial charge is 0.245 e. The van der Waals surface area contributed by atoms with Crippen LogP contribution in [0.3, 0.4) is 0 Å². The van der Waals surface area contributed by atoms with Crippen LogP contribution >= 0.6 is 27.5 Å². The Kier molecular flexibility index (Phi) is 3.69. The average molecular weight is 379 g/mol. The number of ketones is 1. The van der Waals surface area contributed by atoms with Gasteiger partial charge in [0.25, 0.3) is 0 Å². The van der Waals surface area contributed by atoms with E-state index in [2.05, 4.69) is 15.9 Å². The highest BCUT2D eigenvalue weighted by Gasteiger charge is 2.47. The van der Waals surface area contributed by atoms with E-state index < -0.39 is 10.0 Å². The third-order valence-corrected chi connectivity index (χ3v) is 6.91. The molecule has 3 rings (SSSR count). The van der Waals surface area contributed by atoms with Gasteiger partial charge in [-0.1, -0.05) is 27.5 Å². The molecule has 0 spiro atoms. The van der Waals surface area contributed by atoms with E-state index in [1.54, 1.807) is 12.1 Å². The van der Waals surface area contributed by atoms with E-state index in [1.807, 2.05) is 0 Å². The monoisotopic (exact) mass is 377 g/mol. The van der Waals surface area contributed by atoms with E-state index in [9.17, 15) is 13.2 Å². The van der Waals surface area contributed by atoms with Crippen LogP contribution < -0.4 is 0 Å². The fourth-order valence-electron chi connectivity index (χ4n) is 3.12. The molecule has 20 heavy (non-hydrogen) atoms. The summed E-state index contributed by atoms with van der Waals surface area (Å²) in [5.74, 6) is 0.158. The van der Waals surface area contributed by atoms with Gasteiger partial charge in [-0.25, -0.2) is 8.42 Å². The first-order valence-corrected chi connectivity index (χ1v) is 9.01. The molecule has 2 bridgehead atoms. The van der Waals surface area contributed by atoms with Crippen molar-refractivity contribution in [2.24, 2.45) is 0 Å². The standard InChI is InChI=1S/C13H13BrClNO3S/c14-8-1-4-13(12(15)5-8)20(18,19)16-9-2-3-10(16)7-11(17)6-9/h1,4-5,9-10H,2-3,6-7H2. The van der Waals surface area contributed by atoms with Crippen molar-refractivity contribution < 1.29 is 13.2 Å². The molecular weight excluding hydrogens is 366 g/mol. The molecule has 0 N–H and O–H groups in total. The van der Waals surface area contributed by atoms with Gasteiger partial charge in [0.1, 0.15) is 10.7 Å². The van der Waals surface area contributed by atoms with Gasteiger partial charge in [0.2, 0.25) is 10.0 Å². The Morgan fingerprint density at radius 2 is 1.80 bits per heavy atom. The SMILES string of the molecule is O=C1CC2CCC(C1)N2S(=O)(=O)c1ccc(Br)cc1Cl. The fourth-order valence-corrected chi connectivity index (χ4v) is 6.00. The minimum absolute atomic E-state index is 0.119. The molecule has 0 amide bonds. The van der Waals surface area contributed by atoms with Crippen LogP contribution in [-0.4, -0.2) is 30.6 Å². The number of sulfonamides is 1. The predicted octanol–water partition coefficient (Wildman–Crippen LogP) is 2.99. The van der Waals surface area contributed by atoms with Gasteiger partial charge in [0.15, 0.2) is 0 Å². The Hall–Kier alpha value is -0.430. The predicted molar refractivity (Wildman–Crippen MR) is 79.2 cm³/mol. The number of halogens is 2. The summed E-state index contributed by atoms with van der Waals surface area (Å²) in [6, 6.07) is 4.34. The maximum absolute atomic E-state index is 12.8. The van der Waals surface area contributed by atoms with E-state index in [0.717, 1.165) is 17.3 Å². The van der Waals surface area contributed by atoms with Crippen molar-refractivity contribution in [3.63, 3.8) is 0 Å². The third-order valence-electron chi connectivity index (χ3n) is 3.93. The van der Waals surface area contributed by atoms with Crippen LogP contribution in [0.2, 0.25) is 5.02 Å². The van der Waals surface area contributed by atoms with E-state index >= 15 is 0 Å². The van der Waals surface area contributed by atoms with Crippen LogP contribution in [0, 0.1) is 0 Å². The van der Waals surface area contributed by atoms with E-state index in [1.165, 1.54) is 10.4 Å². The zero-order valence-corrected chi connectivity index (χ0v) is 13.7. The molecule has 108 valence electrons. The molecule has 7 heteroatoms. The molecule has 2 fully saturated rings. The topological polar surface area (TPSA) is 54.5 Å². The van der Waals surface area contributed by atoms with Crippen molar-refractivity contribution in [3.05, 3.63) is 27.7 Å². The summed E-state index contributed by atoms with van der Waals surface area (Å²) in [6.45, 7) is 0. The number of carbonyl (C=O) groups is 1. The lowest BCUT2D eigenvalue weighted by Crippen LogP contribution is -2.46. The van der Waals surface area contributed by atoms with Gasteiger partial charge in [-0.3, -0.25) is 4.79 Å². The van der Waals surface area contributed by atoms with Gasteiger partial charge >= 0.3 is 0 Å². The van der Waals surface area contributed by atoms with Crippen LogP contribution in [-0.2, 0) is 14.8 Å². The van der Waals surface area contributed by atoms with Crippen LogP contribution in [0.25, 0.3) is 0 Å². The second-order valence-corrected chi connectivity index (χ2v) is 8.38. The van der Waals surface area contributed by atoms with Crippen LogP contribution in [0.5, 0.6) is 0 Å². The average Bonchev–Trinajstić information content (AvgIpc) is 2.62. The number of Topliss-reactive ketones (excluding diaryl/α,β-unsaturated/α-hetero) is 1. The van der Waals surface area contributed by atoms with Gasteiger partial charge < -0.3 is 0 Å². The number of carbonyl (C=O) groups excluding carboxylic acids is 1. The van der Waals surface area contributed by atoms with E-state index in [0.29, 0.717) is 12.8 Å². The minimum atomic E-state index is -3.64. The summed E-state index contributed by atoms with van der Waals surface area (Å²) in [6.07, 6.45) is 2.15. The summed E-state index contributed by atoms with van der Waals surface area (Å²) < 4.78 is 27.8. The second-order valence-electron chi connectivity index (χ2n) is 5.24. The molecule has 1 aromatic carbocycles. The molecule has 2 heterocycles.